The van der Waals surface area contributed by atoms with Crippen molar-refractivity contribution in [3.8, 4) is 6.07 Å². The second-order valence-electron chi connectivity index (χ2n) is 5.90. The molecule has 0 aromatic heterocycles. The van der Waals surface area contributed by atoms with Gasteiger partial charge in [-0.25, -0.2) is 0 Å². The highest BCUT2D eigenvalue weighted by atomic mass is 35.5. The maximum Gasteiger partial charge on any atom is 0.101 e. The Labute approximate surface area is 120 Å². The van der Waals surface area contributed by atoms with Gasteiger partial charge in [0.2, 0.25) is 0 Å². The molecule has 0 spiro atoms. The standard InChI is InChI=1S/C16H19ClN2/c17-8-12-4-5-16(15(7-12)9-18)19-10-13-2-1-3-14(6-13)11-19/h4-5,7,13-14H,1-3,6,8,10-11H2. The van der Waals surface area contributed by atoms with Crippen LogP contribution in [-0.2, 0) is 5.88 Å². The van der Waals surface area contributed by atoms with Crippen molar-refractivity contribution in [1.82, 2.24) is 0 Å². The Balaban J connectivity index is 1.87. The van der Waals surface area contributed by atoms with Crippen LogP contribution >= 0.6 is 11.6 Å². The van der Waals surface area contributed by atoms with Gasteiger partial charge in [0.15, 0.2) is 0 Å². The molecule has 1 aliphatic carbocycles. The normalized spacial score (nSPS) is 26.0. The van der Waals surface area contributed by atoms with E-state index in [1.165, 1.54) is 25.7 Å². The number of piperidine rings is 1. The summed E-state index contributed by atoms with van der Waals surface area (Å²) in [4.78, 5) is 2.43. The van der Waals surface area contributed by atoms with Gasteiger partial charge in [-0.3, -0.25) is 0 Å². The zero-order valence-electron chi connectivity index (χ0n) is 11.1. The first-order chi connectivity index (χ1) is 9.30. The fraction of sp³-hybridized carbons (Fsp3) is 0.562. The molecule has 1 saturated heterocycles. The van der Waals surface area contributed by atoms with Gasteiger partial charge in [-0.05, 0) is 48.8 Å². The van der Waals surface area contributed by atoms with Gasteiger partial charge in [-0.2, -0.15) is 5.26 Å². The minimum Gasteiger partial charge on any atom is -0.370 e. The summed E-state index contributed by atoms with van der Waals surface area (Å²) in [5.74, 6) is 2.12. The molecular formula is C16H19ClN2. The lowest BCUT2D eigenvalue weighted by atomic mass is 9.77. The van der Waals surface area contributed by atoms with Gasteiger partial charge in [0.05, 0.1) is 11.3 Å². The molecule has 2 aliphatic rings. The molecule has 0 radical (unpaired) electrons. The second kappa shape index (κ2) is 5.43. The van der Waals surface area contributed by atoms with E-state index in [4.69, 9.17) is 11.6 Å². The van der Waals surface area contributed by atoms with E-state index in [2.05, 4.69) is 17.0 Å². The smallest absolute Gasteiger partial charge is 0.101 e. The first kappa shape index (κ1) is 12.8. The molecule has 2 bridgehead atoms. The Hall–Kier alpha value is -1.20. The summed E-state index contributed by atoms with van der Waals surface area (Å²) in [6, 6.07) is 8.40. The fourth-order valence-corrected chi connectivity index (χ4v) is 3.83. The second-order valence-corrected chi connectivity index (χ2v) is 6.17. The highest BCUT2D eigenvalue weighted by molar-refractivity contribution is 6.17. The number of hydrogen-bond acceptors (Lipinski definition) is 2. The van der Waals surface area contributed by atoms with E-state index in [0.717, 1.165) is 41.7 Å². The molecule has 100 valence electrons. The minimum atomic E-state index is 0.472. The van der Waals surface area contributed by atoms with Crippen LogP contribution in [0, 0.1) is 23.2 Å². The average Bonchev–Trinajstić information content (AvgIpc) is 2.46. The number of nitrogens with zero attached hydrogens (tertiary/aromatic N) is 2. The SMILES string of the molecule is N#Cc1cc(CCl)ccc1N1CC2CCCC(C2)C1. The molecular weight excluding hydrogens is 256 g/mol. The summed E-state index contributed by atoms with van der Waals surface area (Å²) >= 11 is 5.85. The Morgan fingerprint density at radius 2 is 2.00 bits per heavy atom. The van der Waals surface area contributed by atoms with Crippen molar-refractivity contribution in [1.29, 1.82) is 5.26 Å². The lowest BCUT2D eigenvalue weighted by Crippen LogP contribution is -2.43. The first-order valence-electron chi connectivity index (χ1n) is 7.14. The number of alkyl halides is 1. The summed E-state index contributed by atoms with van der Waals surface area (Å²) in [5, 5.41) is 9.35. The molecule has 2 unspecified atom stereocenters. The molecule has 2 nitrogen and oxygen atoms in total. The third kappa shape index (κ3) is 2.58. The van der Waals surface area contributed by atoms with E-state index in [-0.39, 0.29) is 0 Å². The predicted octanol–water partition coefficient (Wildman–Crippen LogP) is 3.92. The summed E-state index contributed by atoms with van der Waals surface area (Å²) < 4.78 is 0. The van der Waals surface area contributed by atoms with E-state index in [1.807, 2.05) is 12.1 Å². The van der Waals surface area contributed by atoms with E-state index in [1.54, 1.807) is 0 Å². The monoisotopic (exact) mass is 274 g/mol. The molecule has 1 aliphatic heterocycles. The molecule has 1 saturated carbocycles. The van der Waals surface area contributed by atoms with Crippen molar-refractivity contribution in [2.45, 2.75) is 31.6 Å². The van der Waals surface area contributed by atoms with Crippen LogP contribution in [-0.4, -0.2) is 13.1 Å². The fourth-order valence-electron chi connectivity index (χ4n) is 3.66. The van der Waals surface area contributed by atoms with E-state index >= 15 is 0 Å². The zero-order valence-corrected chi connectivity index (χ0v) is 11.9. The molecule has 3 heteroatoms. The van der Waals surface area contributed by atoms with E-state index in [0.29, 0.717) is 5.88 Å². The average molecular weight is 275 g/mol. The maximum atomic E-state index is 9.35. The van der Waals surface area contributed by atoms with Crippen LogP contribution in [0.25, 0.3) is 0 Å². The zero-order chi connectivity index (χ0) is 13.2. The molecule has 1 aromatic rings. The van der Waals surface area contributed by atoms with E-state index < -0.39 is 0 Å². The van der Waals surface area contributed by atoms with Crippen LogP contribution in [0.15, 0.2) is 18.2 Å². The summed E-state index contributed by atoms with van der Waals surface area (Å²) in [5.41, 5.74) is 2.91. The molecule has 0 amide bonds. The quantitative estimate of drug-likeness (QED) is 0.764. The van der Waals surface area contributed by atoms with Crippen LogP contribution in [0.5, 0.6) is 0 Å². The molecule has 2 atom stereocenters. The van der Waals surface area contributed by atoms with Gasteiger partial charge < -0.3 is 4.90 Å². The summed E-state index contributed by atoms with van der Waals surface area (Å²) in [6.07, 6.45) is 5.49. The van der Waals surface area contributed by atoms with Crippen molar-refractivity contribution in [2.24, 2.45) is 11.8 Å². The van der Waals surface area contributed by atoms with Crippen LogP contribution in [0.3, 0.4) is 0 Å². The van der Waals surface area contributed by atoms with Crippen molar-refractivity contribution in [2.75, 3.05) is 18.0 Å². The van der Waals surface area contributed by atoms with Crippen LogP contribution in [0.2, 0.25) is 0 Å². The lowest BCUT2D eigenvalue weighted by Gasteiger charge is -2.42. The van der Waals surface area contributed by atoms with Crippen LogP contribution in [0.4, 0.5) is 5.69 Å². The van der Waals surface area contributed by atoms with Crippen LogP contribution in [0.1, 0.15) is 36.8 Å². The highest BCUT2D eigenvalue weighted by Gasteiger charge is 2.31. The van der Waals surface area contributed by atoms with Gasteiger partial charge in [-0.15, -0.1) is 11.6 Å². The number of rotatable bonds is 2. The molecule has 0 N–H and O–H groups in total. The highest BCUT2D eigenvalue weighted by Crippen LogP contribution is 2.37. The van der Waals surface area contributed by atoms with Crippen molar-refractivity contribution < 1.29 is 0 Å². The van der Waals surface area contributed by atoms with Gasteiger partial charge >= 0.3 is 0 Å². The summed E-state index contributed by atoms with van der Waals surface area (Å²) in [7, 11) is 0. The number of benzene rings is 1. The molecule has 3 rings (SSSR count). The lowest BCUT2D eigenvalue weighted by molar-refractivity contribution is 0.231. The molecule has 2 fully saturated rings. The van der Waals surface area contributed by atoms with Gasteiger partial charge in [0.1, 0.15) is 6.07 Å². The Morgan fingerprint density at radius 3 is 2.63 bits per heavy atom. The van der Waals surface area contributed by atoms with Gasteiger partial charge in [0, 0.05) is 19.0 Å². The number of halogens is 1. The largest absolute Gasteiger partial charge is 0.370 e. The van der Waals surface area contributed by atoms with Gasteiger partial charge in [0.25, 0.3) is 0 Å². The van der Waals surface area contributed by atoms with Gasteiger partial charge in [-0.1, -0.05) is 12.5 Å². The van der Waals surface area contributed by atoms with Crippen LogP contribution < -0.4 is 4.90 Å². The molecule has 1 heterocycles. The topological polar surface area (TPSA) is 27.0 Å². The Bertz CT molecular complexity index is 494. The van der Waals surface area contributed by atoms with E-state index in [9.17, 15) is 5.26 Å². The Kier molecular flexibility index (Phi) is 3.66. The molecule has 19 heavy (non-hydrogen) atoms. The predicted molar refractivity (Wildman–Crippen MR) is 78.4 cm³/mol. The number of fused-ring (bicyclic) bond motifs is 2. The number of anilines is 1. The number of hydrogen-bond donors (Lipinski definition) is 0. The third-order valence-electron chi connectivity index (χ3n) is 4.52. The minimum absolute atomic E-state index is 0.472. The molecule has 1 aromatic carbocycles. The number of nitriles is 1. The first-order valence-corrected chi connectivity index (χ1v) is 7.67. The Morgan fingerprint density at radius 1 is 1.26 bits per heavy atom. The van der Waals surface area contributed by atoms with Crippen molar-refractivity contribution in [3.05, 3.63) is 29.3 Å². The third-order valence-corrected chi connectivity index (χ3v) is 4.83. The van der Waals surface area contributed by atoms with Crippen molar-refractivity contribution >= 4 is 17.3 Å². The maximum absolute atomic E-state index is 9.35. The summed E-state index contributed by atoms with van der Waals surface area (Å²) in [6.45, 7) is 2.23. The van der Waals surface area contributed by atoms with Crippen molar-refractivity contribution in [3.63, 3.8) is 0 Å².